The van der Waals surface area contributed by atoms with Crippen molar-refractivity contribution in [2.45, 2.75) is 6.18 Å². The van der Waals surface area contributed by atoms with Crippen LogP contribution in [0.4, 0.5) is 18.9 Å². The first-order valence-corrected chi connectivity index (χ1v) is 7.94. The fourth-order valence-corrected chi connectivity index (χ4v) is 2.28. The lowest BCUT2D eigenvalue weighted by Crippen LogP contribution is -2.10. The summed E-state index contributed by atoms with van der Waals surface area (Å²) in [7, 11) is 2.76. The molecule has 11 heteroatoms. The summed E-state index contributed by atoms with van der Waals surface area (Å²) >= 11 is 5.80. The first-order valence-electron chi connectivity index (χ1n) is 7.56. The van der Waals surface area contributed by atoms with Crippen LogP contribution in [0, 0.1) is 10.1 Å². The molecule has 0 atom stereocenters. The van der Waals surface area contributed by atoms with Gasteiger partial charge in [0.2, 0.25) is 0 Å². The number of methoxy groups -OCH3 is 1. The molecule has 0 amide bonds. The largest absolute Gasteiger partial charge is 0.456 e. The number of alkyl halides is 3. The molecule has 2 aromatic carbocycles. The van der Waals surface area contributed by atoms with Crippen molar-refractivity contribution in [2.24, 2.45) is 5.73 Å². The van der Waals surface area contributed by atoms with Gasteiger partial charge in [0, 0.05) is 13.2 Å². The Morgan fingerprint density at radius 3 is 2.36 bits per heavy atom. The molecule has 0 bridgehead atoms. The third-order valence-corrected chi connectivity index (χ3v) is 3.52. The average molecular weight is 421 g/mol. The summed E-state index contributed by atoms with van der Waals surface area (Å²) in [6.45, 7) is -0.384. The molecule has 0 aliphatic heterocycles. The maximum Gasteiger partial charge on any atom is 0.416 e. The fourth-order valence-electron chi connectivity index (χ4n) is 2.06. The van der Waals surface area contributed by atoms with Gasteiger partial charge in [-0.25, -0.2) is 0 Å². The van der Waals surface area contributed by atoms with Crippen LogP contribution in [0.1, 0.15) is 15.9 Å². The van der Waals surface area contributed by atoms with E-state index in [0.717, 1.165) is 24.3 Å². The Balaban J connectivity index is 0.00000190. The third kappa shape index (κ3) is 5.91. The van der Waals surface area contributed by atoms with Crippen LogP contribution in [0.15, 0.2) is 36.4 Å². The molecule has 0 radical (unpaired) electrons. The molecule has 0 fully saturated rings. The fraction of sp³-hybridized carbons (Fsp3) is 0.235. The topological polar surface area (TPSA) is 105 Å². The summed E-state index contributed by atoms with van der Waals surface area (Å²) in [6.07, 6.45) is -4.56. The molecule has 28 heavy (non-hydrogen) atoms. The van der Waals surface area contributed by atoms with Gasteiger partial charge >= 0.3 is 6.18 Å². The SMILES string of the molecule is CN.COCC(=O)c1cc(Oc2ccc(C(F)(F)F)cc2Cl)ccc1[N+](=O)[O-]. The number of ketones is 1. The van der Waals surface area contributed by atoms with Crippen LogP contribution in [-0.2, 0) is 10.9 Å². The first-order chi connectivity index (χ1) is 13.1. The summed E-state index contributed by atoms with van der Waals surface area (Å²) in [5.74, 6) is -0.751. The van der Waals surface area contributed by atoms with E-state index < -0.39 is 28.1 Å². The Hall–Kier alpha value is -2.69. The lowest BCUT2D eigenvalue weighted by Gasteiger charge is -2.12. The summed E-state index contributed by atoms with van der Waals surface area (Å²) in [6, 6.07) is 5.85. The zero-order chi connectivity index (χ0) is 21.5. The zero-order valence-electron chi connectivity index (χ0n) is 14.7. The maximum atomic E-state index is 12.6. The number of benzene rings is 2. The van der Waals surface area contributed by atoms with Gasteiger partial charge in [-0.2, -0.15) is 13.2 Å². The van der Waals surface area contributed by atoms with E-state index in [4.69, 9.17) is 16.3 Å². The Morgan fingerprint density at radius 2 is 1.86 bits per heavy atom. The van der Waals surface area contributed by atoms with E-state index in [1.165, 1.54) is 20.2 Å². The smallest absolute Gasteiger partial charge is 0.416 e. The predicted molar refractivity (Wildman–Crippen MR) is 95.9 cm³/mol. The summed E-state index contributed by atoms with van der Waals surface area (Å²) < 4.78 is 48.0. The van der Waals surface area contributed by atoms with Crippen LogP contribution >= 0.6 is 11.6 Å². The molecule has 0 aromatic heterocycles. The predicted octanol–water partition coefficient (Wildman–Crippen LogP) is 4.46. The molecule has 2 aromatic rings. The van der Waals surface area contributed by atoms with Crippen molar-refractivity contribution in [3.63, 3.8) is 0 Å². The highest BCUT2D eigenvalue weighted by molar-refractivity contribution is 6.32. The van der Waals surface area contributed by atoms with Crippen molar-refractivity contribution >= 4 is 23.1 Å². The summed E-state index contributed by atoms with van der Waals surface area (Å²) in [5, 5.41) is 10.7. The van der Waals surface area contributed by atoms with Crippen LogP contribution in [0.3, 0.4) is 0 Å². The molecular formula is C17H16ClF3N2O5. The quantitative estimate of drug-likeness (QED) is 0.420. The number of nitrogens with zero attached hydrogens (tertiary/aromatic N) is 1. The lowest BCUT2D eigenvalue weighted by molar-refractivity contribution is -0.385. The van der Waals surface area contributed by atoms with Crippen LogP contribution in [-0.4, -0.2) is 31.5 Å². The highest BCUT2D eigenvalue weighted by Gasteiger charge is 2.31. The number of carbonyl (C=O) groups is 1. The normalized spacial score (nSPS) is 10.7. The molecule has 0 saturated carbocycles. The van der Waals surface area contributed by atoms with E-state index in [9.17, 15) is 28.1 Å². The standard InChI is InChI=1S/C16H11ClF3NO5.CH5N/c1-25-8-14(22)11-7-10(3-4-13(11)21(23)24)26-15-5-2-9(6-12(15)17)16(18,19)20;1-2/h2-7H,8H2,1H3;2H2,1H3. The maximum absolute atomic E-state index is 12.6. The Bertz CT molecular complexity index is 859. The number of carbonyl (C=O) groups excluding carboxylic acids is 1. The van der Waals surface area contributed by atoms with Gasteiger partial charge in [0.1, 0.15) is 23.7 Å². The van der Waals surface area contributed by atoms with E-state index in [2.05, 4.69) is 10.5 Å². The van der Waals surface area contributed by atoms with E-state index >= 15 is 0 Å². The Kier molecular flexibility index (Phi) is 8.35. The van der Waals surface area contributed by atoms with E-state index in [1.54, 1.807) is 0 Å². The number of nitro groups is 1. The molecular weight excluding hydrogens is 405 g/mol. The van der Waals surface area contributed by atoms with Gasteiger partial charge in [-0.1, -0.05) is 11.6 Å². The molecule has 2 rings (SSSR count). The van der Waals surface area contributed by atoms with Gasteiger partial charge in [-0.15, -0.1) is 0 Å². The third-order valence-electron chi connectivity index (χ3n) is 3.23. The van der Waals surface area contributed by atoms with Gasteiger partial charge in [0.25, 0.3) is 5.69 Å². The molecule has 2 N–H and O–H groups in total. The van der Waals surface area contributed by atoms with E-state index in [-0.39, 0.29) is 28.7 Å². The number of hydrogen-bond acceptors (Lipinski definition) is 6. The van der Waals surface area contributed by atoms with Crippen LogP contribution < -0.4 is 10.5 Å². The Labute approximate surface area is 163 Å². The van der Waals surface area contributed by atoms with Gasteiger partial charge < -0.3 is 15.2 Å². The van der Waals surface area contributed by atoms with Crippen molar-refractivity contribution in [2.75, 3.05) is 20.8 Å². The van der Waals surface area contributed by atoms with Crippen LogP contribution in [0.5, 0.6) is 11.5 Å². The molecule has 7 nitrogen and oxygen atoms in total. The second-order valence-electron chi connectivity index (χ2n) is 5.04. The molecule has 152 valence electrons. The first kappa shape index (κ1) is 23.3. The molecule has 0 aliphatic carbocycles. The number of nitro benzene ring substituents is 1. The van der Waals surface area contributed by atoms with Crippen LogP contribution in [0.2, 0.25) is 5.02 Å². The highest BCUT2D eigenvalue weighted by Crippen LogP contribution is 2.37. The van der Waals surface area contributed by atoms with Crippen molar-refractivity contribution in [3.8, 4) is 11.5 Å². The molecule has 0 heterocycles. The zero-order valence-corrected chi connectivity index (χ0v) is 15.5. The number of hydrogen-bond donors (Lipinski definition) is 1. The lowest BCUT2D eigenvalue weighted by atomic mass is 10.1. The number of ether oxygens (including phenoxy) is 2. The van der Waals surface area contributed by atoms with Gasteiger partial charge in [0.05, 0.1) is 15.5 Å². The van der Waals surface area contributed by atoms with Gasteiger partial charge in [-0.3, -0.25) is 14.9 Å². The minimum Gasteiger partial charge on any atom is -0.456 e. The van der Waals surface area contributed by atoms with Crippen molar-refractivity contribution < 1.29 is 32.4 Å². The number of halogens is 4. The molecule has 0 saturated heterocycles. The second-order valence-corrected chi connectivity index (χ2v) is 5.44. The molecule has 0 spiro atoms. The minimum atomic E-state index is -4.56. The van der Waals surface area contributed by atoms with Crippen molar-refractivity contribution in [1.82, 2.24) is 0 Å². The minimum absolute atomic E-state index is 0.00304. The Morgan fingerprint density at radius 1 is 1.21 bits per heavy atom. The van der Waals surface area contributed by atoms with Crippen molar-refractivity contribution in [3.05, 3.63) is 62.7 Å². The average Bonchev–Trinajstić information content (AvgIpc) is 2.64. The van der Waals surface area contributed by atoms with E-state index in [0.29, 0.717) is 6.07 Å². The van der Waals surface area contributed by atoms with Crippen LogP contribution in [0.25, 0.3) is 0 Å². The van der Waals surface area contributed by atoms with E-state index in [1.807, 2.05) is 0 Å². The molecule has 0 unspecified atom stereocenters. The summed E-state index contributed by atoms with van der Waals surface area (Å²) in [4.78, 5) is 22.3. The monoisotopic (exact) mass is 420 g/mol. The van der Waals surface area contributed by atoms with Gasteiger partial charge in [-0.05, 0) is 37.4 Å². The highest BCUT2D eigenvalue weighted by atomic mass is 35.5. The molecule has 0 aliphatic rings. The number of rotatable bonds is 6. The van der Waals surface area contributed by atoms with Gasteiger partial charge in [0.15, 0.2) is 5.78 Å². The number of nitrogens with two attached hydrogens (primary N) is 1. The summed E-state index contributed by atoms with van der Waals surface area (Å²) in [5.41, 5.74) is 2.85. The van der Waals surface area contributed by atoms with Crippen molar-refractivity contribution in [1.29, 1.82) is 0 Å². The second kappa shape index (κ2) is 10.0. The number of Topliss-reactive ketones (excluding diaryl/α,β-unsaturated/α-hetero) is 1.